The molecule has 3 heteroatoms. The van der Waals surface area contributed by atoms with E-state index in [2.05, 4.69) is 264 Å². The minimum Gasteiger partial charge on any atom is -0.455 e. The summed E-state index contributed by atoms with van der Waals surface area (Å²) in [5.74, 6) is 0. The molecule has 14 rings (SSSR count). The summed E-state index contributed by atoms with van der Waals surface area (Å²) in [6, 6.07) is 96.7. The SMILES string of the molecule is c1ccc(-c2ccccc2-n2c3ccccc3c3ccccc32)c(-c2ccc(N(c3ccc(-c4ccc(-c5cccc6c5oc5ccccc56)cc4)cc3)c3ccc4c(ccc5ccccc54)c3)cc2)c1. The number of benzene rings is 12. The molecule has 0 radical (unpaired) electrons. The van der Waals surface area contributed by atoms with Crippen LogP contribution in [0.4, 0.5) is 17.1 Å². The Kier molecular flexibility index (Phi) is 9.53. The van der Waals surface area contributed by atoms with Gasteiger partial charge in [-0.15, -0.1) is 0 Å². The second-order valence-electron chi connectivity index (χ2n) is 18.4. The van der Waals surface area contributed by atoms with Gasteiger partial charge in [0.05, 0.1) is 16.7 Å². The third-order valence-corrected chi connectivity index (χ3v) is 14.4. The Morgan fingerprint density at radius 3 is 1.49 bits per heavy atom. The standard InChI is InChI=1S/C68H44N2O/c1-2-15-54-47(14-1)32-33-50-44-53(42-43-56(50)54)69(51-38-34-46(35-39-51)45-28-30-49(31-29-45)57-22-13-23-63-62-21-8-12-27-67(62)71-68(57)63)52-40-36-48(37-41-52)55-16-3-4-17-58(55)59-18-5-9-24-64(59)70-65-25-10-6-19-60(65)61-20-7-11-26-66(61)70/h1-44H. The zero-order valence-electron chi connectivity index (χ0n) is 38.7. The van der Waals surface area contributed by atoms with Gasteiger partial charge in [-0.3, -0.25) is 0 Å². The Hall–Kier alpha value is -9.44. The summed E-state index contributed by atoms with van der Waals surface area (Å²) in [5.41, 5.74) is 17.9. The van der Waals surface area contributed by atoms with Gasteiger partial charge in [0, 0.05) is 49.7 Å². The van der Waals surface area contributed by atoms with E-state index in [0.29, 0.717) is 0 Å². The number of hydrogen-bond donors (Lipinski definition) is 0. The molecule has 0 bridgehead atoms. The van der Waals surface area contributed by atoms with Gasteiger partial charge >= 0.3 is 0 Å². The fourth-order valence-corrected chi connectivity index (χ4v) is 11.0. The van der Waals surface area contributed by atoms with Crippen molar-refractivity contribution in [1.29, 1.82) is 0 Å². The summed E-state index contributed by atoms with van der Waals surface area (Å²) in [4.78, 5) is 2.38. The highest BCUT2D eigenvalue weighted by molar-refractivity contribution is 6.12. The van der Waals surface area contributed by atoms with Crippen LogP contribution in [0.1, 0.15) is 0 Å². The van der Waals surface area contributed by atoms with Gasteiger partial charge in [-0.25, -0.2) is 0 Å². The highest BCUT2D eigenvalue weighted by Crippen LogP contribution is 2.43. The first-order valence-electron chi connectivity index (χ1n) is 24.3. The Morgan fingerprint density at radius 1 is 0.282 bits per heavy atom. The van der Waals surface area contributed by atoms with Crippen molar-refractivity contribution >= 4 is 82.4 Å². The number of anilines is 3. The average molecular weight is 905 g/mol. The molecule has 0 fully saturated rings. The van der Waals surface area contributed by atoms with Crippen molar-refractivity contribution in [2.24, 2.45) is 0 Å². The summed E-state index contributed by atoms with van der Waals surface area (Å²) >= 11 is 0. The van der Waals surface area contributed by atoms with Crippen molar-refractivity contribution < 1.29 is 4.42 Å². The molecular formula is C68H44N2O. The van der Waals surface area contributed by atoms with Gasteiger partial charge in [0.1, 0.15) is 11.2 Å². The first-order valence-corrected chi connectivity index (χ1v) is 24.3. The van der Waals surface area contributed by atoms with Crippen molar-refractivity contribution in [3.8, 4) is 50.2 Å². The minimum atomic E-state index is 0.910. The first kappa shape index (κ1) is 40.6. The fraction of sp³-hybridized carbons (Fsp3) is 0. The number of nitrogens with zero attached hydrogens (tertiary/aromatic N) is 2. The van der Waals surface area contributed by atoms with Crippen LogP contribution < -0.4 is 4.90 Å². The predicted octanol–water partition coefficient (Wildman–Crippen LogP) is 19.1. The molecule has 0 saturated carbocycles. The quantitative estimate of drug-likeness (QED) is 0.142. The topological polar surface area (TPSA) is 21.3 Å². The molecule has 0 aliphatic carbocycles. The lowest BCUT2D eigenvalue weighted by Crippen LogP contribution is -2.10. The second kappa shape index (κ2) is 16.7. The Bertz CT molecular complexity index is 4280. The third kappa shape index (κ3) is 6.82. The zero-order chi connectivity index (χ0) is 46.8. The highest BCUT2D eigenvalue weighted by atomic mass is 16.3. The molecule has 0 aliphatic rings. The summed E-state index contributed by atoms with van der Waals surface area (Å²) < 4.78 is 8.82. The number of rotatable bonds is 8. The van der Waals surface area contributed by atoms with Crippen molar-refractivity contribution in [1.82, 2.24) is 4.57 Å². The third-order valence-electron chi connectivity index (χ3n) is 14.4. The molecule has 0 N–H and O–H groups in total. The Balaban J connectivity index is 0.838. The molecule has 3 nitrogen and oxygen atoms in total. The Labute approximate surface area is 411 Å². The van der Waals surface area contributed by atoms with E-state index in [1.54, 1.807) is 0 Å². The van der Waals surface area contributed by atoms with E-state index >= 15 is 0 Å². The van der Waals surface area contributed by atoms with E-state index in [4.69, 9.17) is 4.42 Å². The number of para-hydroxylation sites is 5. The molecule has 0 aliphatic heterocycles. The van der Waals surface area contributed by atoms with Crippen LogP contribution in [0, 0.1) is 0 Å². The lowest BCUT2D eigenvalue weighted by atomic mass is 9.93. The largest absolute Gasteiger partial charge is 0.455 e. The molecule has 12 aromatic carbocycles. The molecule has 0 unspecified atom stereocenters. The van der Waals surface area contributed by atoms with Crippen LogP contribution >= 0.6 is 0 Å². The molecule has 0 atom stereocenters. The van der Waals surface area contributed by atoms with Gasteiger partial charge in [0.15, 0.2) is 0 Å². The van der Waals surface area contributed by atoms with Crippen LogP contribution in [0.3, 0.4) is 0 Å². The van der Waals surface area contributed by atoms with E-state index in [1.807, 2.05) is 12.1 Å². The predicted molar refractivity (Wildman–Crippen MR) is 299 cm³/mol. The number of furan rings is 1. The normalized spacial score (nSPS) is 11.7. The van der Waals surface area contributed by atoms with Crippen molar-refractivity contribution in [3.63, 3.8) is 0 Å². The summed E-state index contributed by atoms with van der Waals surface area (Å²) in [5, 5.41) is 9.74. The van der Waals surface area contributed by atoms with Gasteiger partial charge in [-0.2, -0.15) is 0 Å². The van der Waals surface area contributed by atoms with Crippen LogP contribution in [-0.4, -0.2) is 4.57 Å². The maximum atomic E-state index is 6.39. The second-order valence-corrected chi connectivity index (χ2v) is 18.4. The monoisotopic (exact) mass is 904 g/mol. The molecule has 0 saturated heterocycles. The van der Waals surface area contributed by atoms with E-state index in [0.717, 1.165) is 72.5 Å². The van der Waals surface area contributed by atoms with Crippen LogP contribution in [0.15, 0.2) is 271 Å². The maximum absolute atomic E-state index is 6.39. The molecular weight excluding hydrogens is 861 g/mol. The number of hydrogen-bond acceptors (Lipinski definition) is 2. The molecule has 71 heavy (non-hydrogen) atoms. The molecule has 2 aromatic heterocycles. The van der Waals surface area contributed by atoms with Crippen molar-refractivity contribution in [2.45, 2.75) is 0 Å². The minimum absolute atomic E-state index is 0.910. The molecule has 14 aromatic rings. The van der Waals surface area contributed by atoms with E-state index in [-0.39, 0.29) is 0 Å². The van der Waals surface area contributed by atoms with Gasteiger partial charge < -0.3 is 13.9 Å². The summed E-state index contributed by atoms with van der Waals surface area (Å²) in [6.45, 7) is 0. The van der Waals surface area contributed by atoms with Crippen molar-refractivity contribution in [3.05, 3.63) is 267 Å². The smallest absolute Gasteiger partial charge is 0.143 e. The van der Waals surface area contributed by atoms with Crippen LogP contribution in [-0.2, 0) is 0 Å². The molecule has 332 valence electrons. The zero-order valence-corrected chi connectivity index (χ0v) is 38.7. The molecule has 2 heterocycles. The highest BCUT2D eigenvalue weighted by Gasteiger charge is 2.19. The van der Waals surface area contributed by atoms with Crippen LogP contribution in [0.5, 0.6) is 0 Å². The van der Waals surface area contributed by atoms with E-state index in [1.165, 1.54) is 60.0 Å². The first-order chi connectivity index (χ1) is 35.2. The van der Waals surface area contributed by atoms with Gasteiger partial charge in [0.25, 0.3) is 0 Å². The number of aromatic nitrogens is 1. The van der Waals surface area contributed by atoms with Crippen LogP contribution in [0.25, 0.3) is 115 Å². The summed E-state index contributed by atoms with van der Waals surface area (Å²) in [7, 11) is 0. The number of fused-ring (bicyclic) bond motifs is 9. The summed E-state index contributed by atoms with van der Waals surface area (Å²) in [6.07, 6.45) is 0. The van der Waals surface area contributed by atoms with Gasteiger partial charge in [0.2, 0.25) is 0 Å². The lowest BCUT2D eigenvalue weighted by molar-refractivity contribution is 0.670. The Morgan fingerprint density at radius 2 is 0.761 bits per heavy atom. The average Bonchev–Trinajstić information content (AvgIpc) is 4.00. The maximum Gasteiger partial charge on any atom is 0.143 e. The lowest BCUT2D eigenvalue weighted by Gasteiger charge is -2.26. The van der Waals surface area contributed by atoms with E-state index < -0.39 is 0 Å². The van der Waals surface area contributed by atoms with Crippen LogP contribution in [0.2, 0.25) is 0 Å². The van der Waals surface area contributed by atoms with Gasteiger partial charge in [-0.1, -0.05) is 206 Å². The van der Waals surface area contributed by atoms with Crippen molar-refractivity contribution in [2.75, 3.05) is 4.90 Å². The fourth-order valence-electron chi connectivity index (χ4n) is 11.0. The van der Waals surface area contributed by atoms with E-state index in [9.17, 15) is 0 Å². The molecule has 0 spiro atoms. The van der Waals surface area contributed by atoms with Gasteiger partial charge in [-0.05, 0) is 116 Å². The molecule has 0 amide bonds.